The van der Waals surface area contributed by atoms with Crippen LogP contribution >= 0.6 is 11.3 Å². The lowest BCUT2D eigenvalue weighted by atomic mass is 10.3. The van der Waals surface area contributed by atoms with Crippen LogP contribution in [0.3, 0.4) is 0 Å². The van der Waals surface area contributed by atoms with Gasteiger partial charge in [-0.25, -0.2) is 0 Å². The number of hydrogen-bond acceptors (Lipinski definition) is 3. The molecule has 0 aliphatic carbocycles. The van der Waals surface area contributed by atoms with Gasteiger partial charge in [0.05, 0.1) is 0 Å². The van der Waals surface area contributed by atoms with Crippen LogP contribution in [0.5, 0.6) is 0 Å². The van der Waals surface area contributed by atoms with Crippen molar-refractivity contribution in [2.24, 2.45) is 0 Å². The molecule has 0 saturated carbocycles. The molecule has 0 amide bonds. The summed E-state index contributed by atoms with van der Waals surface area (Å²) in [6, 6.07) is 2.08. The van der Waals surface area contributed by atoms with Gasteiger partial charge in [-0.2, -0.15) is 0 Å². The van der Waals surface area contributed by atoms with E-state index in [1.807, 2.05) is 18.2 Å². The van der Waals surface area contributed by atoms with Gasteiger partial charge in [0, 0.05) is 12.6 Å². The Bertz CT molecular complexity index is 522. The molecule has 0 spiro atoms. The van der Waals surface area contributed by atoms with Crippen molar-refractivity contribution < 1.29 is 4.79 Å². The van der Waals surface area contributed by atoms with E-state index in [0.29, 0.717) is 10.7 Å². The average Bonchev–Trinajstić information content (AvgIpc) is 2.54. The molecule has 0 aromatic carbocycles. The van der Waals surface area contributed by atoms with Crippen molar-refractivity contribution in [3.8, 4) is 0 Å². The van der Waals surface area contributed by atoms with Gasteiger partial charge in [0.15, 0.2) is 5.78 Å². The highest BCUT2D eigenvalue weighted by atomic mass is 32.1. The first-order chi connectivity index (χ1) is 6.52. The largest absolute Gasteiger partial charge is 0.383 e. The highest BCUT2D eigenvalue weighted by Gasteiger charge is 2.15. The first kappa shape index (κ1) is 9.27. The van der Waals surface area contributed by atoms with Crippen molar-refractivity contribution in [3.63, 3.8) is 0 Å². The fourth-order valence-electron chi connectivity index (χ4n) is 1.70. The van der Waals surface area contributed by atoms with Crippen LogP contribution in [0.4, 0.5) is 5.82 Å². The number of carbonyl (C=O) groups is 1. The van der Waals surface area contributed by atoms with Gasteiger partial charge in [0.2, 0.25) is 0 Å². The Morgan fingerprint density at radius 3 is 2.64 bits per heavy atom. The summed E-state index contributed by atoms with van der Waals surface area (Å²) in [5.41, 5.74) is 8.16. The van der Waals surface area contributed by atoms with Gasteiger partial charge in [-0.05, 0) is 25.5 Å². The van der Waals surface area contributed by atoms with Gasteiger partial charge < -0.3 is 5.73 Å². The van der Waals surface area contributed by atoms with Gasteiger partial charge in [-0.1, -0.05) is 0 Å². The zero-order valence-electron chi connectivity index (χ0n) is 8.42. The summed E-state index contributed by atoms with van der Waals surface area (Å²) < 4.78 is 1.94. The Morgan fingerprint density at radius 2 is 2.14 bits per heavy atom. The van der Waals surface area contributed by atoms with Crippen LogP contribution in [-0.4, -0.2) is 10.2 Å². The molecule has 3 nitrogen and oxygen atoms in total. The minimum Gasteiger partial charge on any atom is -0.383 e. The van der Waals surface area contributed by atoms with Crippen LogP contribution in [0.15, 0.2) is 6.07 Å². The van der Waals surface area contributed by atoms with E-state index in [0.717, 1.165) is 10.5 Å². The number of nitrogens with two attached hydrogens (primary N) is 1. The van der Waals surface area contributed by atoms with Gasteiger partial charge in [0.25, 0.3) is 0 Å². The minimum absolute atomic E-state index is 0.0370. The number of hydrogen-bond donors (Lipinski definition) is 1. The number of fused-ring (bicyclic) bond motifs is 1. The third-order valence-electron chi connectivity index (χ3n) is 2.31. The molecule has 2 heterocycles. The molecular weight excluding hydrogens is 196 g/mol. The molecule has 0 bridgehead atoms. The minimum atomic E-state index is 0.0370. The number of Topliss-reactive ketones (excluding diaryl/α,β-unsaturated/α-hetero) is 1. The number of nitrogens with zero attached hydrogens (tertiary/aromatic N) is 1. The molecule has 2 aromatic heterocycles. The third kappa shape index (κ3) is 1.07. The molecule has 0 radical (unpaired) electrons. The Labute approximate surface area is 86.2 Å². The lowest BCUT2D eigenvalue weighted by Crippen LogP contribution is -1.99. The zero-order chi connectivity index (χ0) is 10.5. The summed E-state index contributed by atoms with van der Waals surface area (Å²) >= 11 is 1.47. The number of anilines is 1. The van der Waals surface area contributed by atoms with Crippen LogP contribution in [-0.2, 0) is 0 Å². The van der Waals surface area contributed by atoms with Gasteiger partial charge in [-0.3, -0.25) is 9.20 Å². The zero-order valence-corrected chi connectivity index (χ0v) is 9.23. The number of thiazole rings is 1. The van der Waals surface area contributed by atoms with E-state index >= 15 is 0 Å². The van der Waals surface area contributed by atoms with Crippen molar-refractivity contribution in [1.29, 1.82) is 0 Å². The number of ketones is 1. The smallest absolute Gasteiger partial charge is 0.173 e. The Hall–Kier alpha value is -1.29. The molecule has 0 atom stereocenters. The average molecular weight is 208 g/mol. The van der Waals surface area contributed by atoms with Crippen LogP contribution in [0.2, 0.25) is 0 Å². The summed E-state index contributed by atoms with van der Waals surface area (Å²) in [6.45, 7) is 5.57. The first-order valence-electron chi connectivity index (χ1n) is 4.40. The normalized spacial score (nSPS) is 11.1. The highest BCUT2D eigenvalue weighted by Crippen LogP contribution is 2.31. The maximum absolute atomic E-state index is 11.3. The van der Waals surface area contributed by atoms with Gasteiger partial charge in [0.1, 0.15) is 15.5 Å². The monoisotopic (exact) mass is 208 g/mol. The highest BCUT2D eigenvalue weighted by molar-refractivity contribution is 7.20. The molecule has 4 heteroatoms. The molecule has 2 N–H and O–H groups in total. The van der Waals surface area contributed by atoms with Crippen LogP contribution in [0, 0.1) is 13.8 Å². The molecular formula is C10H12N2OS. The summed E-state index contributed by atoms with van der Waals surface area (Å²) in [6.07, 6.45) is 0. The molecule has 14 heavy (non-hydrogen) atoms. The summed E-state index contributed by atoms with van der Waals surface area (Å²) in [7, 11) is 0. The molecule has 0 saturated heterocycles. The number of aromatic nitrogens is 1. The van der Waals surface area contributed by atoms with E-state index in [1.54, 1.807) is 6.92 Å². The second kappa shape index (κ2) is 2.85. The topological polar surface area (TPSA) is 47.5 Å². The van der Waals surface area contributed by atoms with Crippen molar-refractivity contribution in [1.82, 2.24) is 4.40 Å². The van der Waals surface area contributed by atoms with Crippen LogP contribution in [0.1, 0.15) is 27.9 Å². The van der Waals surface area contributed by atoms with E-state index < -0.39 is 0 Å². The van der Waals surface area contributed by atoms with Crippen LogP contribution < -0.4 is 5.73 Å². The van der Waals surface area contributed by atoms with Crippen molar-refractivity contribution in [2.45, 2.75) is 20.8 Å². The standard InChI is InChI=1S/C10H12N2OS/c1-5-4-6(2)12-9(11)8(7(3)13)14-10(5)12/h4H,11H2,1-3H3. The number of rotatable bonds is 1. The van der Waals surface area contributed by atoms with Crippen molar-refractivity contribution in [2.75, 3.05) is 5.73 Å². The predicted molar refractivity (Wildman–Crippen MR) is 59.2 cm³/mol. The molecule has 2 rings (SSSR count). The summed E-state index contributed by atoms with van der Waals surface area (Å²) in [5, 5.41) is 0. The van der Waals surface area contributed by atoms with Crippen molar-refractivity contribution in [3.05, 3.63) is 22.2 Å². The second-order valence-corrected chi connectivity index (χ2v) is 4.48. The molecule has 0 aliphatic heterocycles. The lowest BCUT2D eigenvalue weighted by Gasteiger charge is -1.95. The molecule has 0 fully saturated rings. The molecule has 74 valence electrons. The fraction of sp³-hybridized carbons (Fsp3) is 0.300. The van der Waals surface area contributed by atoms with Crippen LogP contribution in [0.25, 0.3) is 4.83 Å². The maximum atomic E-state index is 11.3. The first-order valence-corrected chi connectivity index (χ1v) is 5.22. The number of carbonyl (C=O) groups excluding carboxylic acids is 1. The maximum Gasteiger partial charge on any atom is 0.173 e. The van der Waals surface area contributed by atoms with Gasteiger partial charge >= 0.3 is 0 Å². The molecule has 2 aromatic rings. The number of aryl methyl sites for hydroxylation is 2. The van der Waals surface area contributed by atoms with E-state index in [4.69, 9.17) is 5.73 Å². The van der Waals surface area contributed by atoms with E-state index in [2.05, 4.69) is 6.07 Å². The Morgan fingerprint density at radius 1 is 1.50 bits per heavy atom. The predicted octanol–water partition coefficient (Wildman–Crippen LogP) is 2.40. The summed E-state index contributed by atoms with van der Waals surface area (Å²) in [5.74, 6) is 0.609. The summed E-state index contributed by atoms with van der Waals surface area (Å²) in [4.78, 5) is 13.0. The van der Waals surface area contributed by atoms with E-state index in [1.165, 1.54) is 16.9 Å². The lowest BCUT2D eigenvalue weighted by molar-refractivity contribution is 0.102. The van der Waals surface area contributed by atoms with E-state index in [-0.39, 0.29) is 5.78 Å². The SMILES string of the molecule is CC(=O)c1sc2c(C)cc(C)n2c1N. The Kier molecular flexibility index (Phi) is 1.89. The number of nitrogen functional groups attached to an aromatic ring is 1. The second-order valence-electron chi connectivity index (χ2n) is 3.48. The Balaban J connectivity index is 2.87. The van der Waals surface area contributed by atoms with Gasteiger partial charge in [-0.15, -0.1) is 11.3 Å². The van der Waals surface area contributed by atoms with Crippen molar-refractivity contribution >= 4 is 27.8 Å². The molecule has 0 aliphatic rings. The quantitative estimate of drug-likeness (QED) is 0.731. The molecule has 0 unspecified atom stereocenters. The fourth-order valence-corrected chi connectivity index (χ4v) is 2.79. The third-order valence-corrected chi connectivity index (χ3v) is 3.71. The van der Waals surface area contributed by atoms with E-state index in [9.17, 15) is 4.79 Å².